The maximum Gasteiger partial charge on any atom is 0.0463 e. The summed E-state index contributed by atoms with van der Waals surface area (Å²) in [5, 5.41) is 0. The van der Waals surface area contributed by atoms with E-state index in [1.54, 1.807) is 0 Å². The van der Waals surface area contributed by atoms with Gasteiger partial charge >= 0.3 is 0 Å². The number of anilines is 12. The zero-order chi connectivity index (χ0) is 42.9. The predicted molar refractivity (Wildman–Crippen MR) is 271 cm³/mol. The lowest BCUT2D eigenvalue weighted by atomic mass is 10.0. The van der Waals surface area contributed by atoms with Crippen LogP contribution < -0.4 is 19.6 Å². The van der Waals surface area contributed by atoms with E-state index in [0.717, 1.165) is 79.4 Å². The zero-order valence-corrected chi connectivity index (χ0v) is 35.3. The van der Waals surface area contributed by atoms with Crippen molar-refractivity contribution in [2.45, 2.75) is 0 Å². The molecule has 0 aliphatic carbocycles. The Morgan fingerprint density at radius 2 is 0.250 bits per heavy atom. The first-order valence-corrected chi connectivity index (χ1v) is 21.7. The van der Waals surface area contributed by atoms with Crippen molar-refractivity contribution in [3.63, 3.8) is 0 Å². The average Bonchev–Trinajstić information content (AvgIpc) is 3.38. The first kappa shape index (κ1) is 39.5. The van der Waals surface area contributed by atoms with Crippen LogP contribution in [-0.4, -0.2) is 0 Å². The Kier molecular flexibility index (Phi) is 11.5. The first-order chi connectivity index (χ1) is 31.8. The molecule has 0 unspecified atom stereocenters. The fourth-order valence-corrected chi connectivity index (χ4v) is 8.36. The van der Waals surface area contributed by atoms with Gasteiger partial charge in [-0.3, -0.25) is 0 Å². The van der Waals surface area contributed by atoms with Gasteiger partial charge < -0.3 is 19.6 Å². The van der Waals surface area contributed by atoms with Crippen LogP contribution in [-0.2, 0) is 0 Å². The van der Waals surface area contributed by atoms with Crippen LogP contribution in [0.2, 0.25) is 0 Å². The van der Waals surface area contributed by atoms with E-state index in [0.29, 0.717) is 0 Å². The number of hydrogen-bond acceptors (Lipinski definition) is 4. The lowest BCUT2D eigenvalue weighted by molar-refractivity contribution is 1.24. The second kappa shape index (κ2) is 18.6. The minimum Gasteiger partial charge on any atom is -0.311 e. The van der Waals surface area contributed by atoms with Crippen molar-refractivity contribution < 1.29 is 0 Å². The molecule has 0 heterocycles. The molecule has 0 aliphatic rings. The second-order valence-corrected chi connectivity index (χ2v) is 15.5. The van der Waals surface area contributed by atoms with E-state index in [2.05, 4.69) is 299 Å². The Morgan fingerprint density at radius 1 is 0.125 bits per heavy atom. The third-order valence-electron chi connectivity index (χ3n) is 11.4. The smallest absolute Gasteiger partial charge is 0.0463 e. The topological polar surface area (TPSA) is 13.0 Å². The molecule has 10 aromatic carbocycles. The summed E-state index contributed by atoms with van der Waals surface area (Å²) in [5.41, 5.74) is 15.4. The van der Waals surface area contributed by atoms with Gasteiger partial charge in [-0.2, -0.15) is 0 Å². The molecule has 0 fully saturated rings. The average molecular weight is 823 g/mol. The molecule has 0 amide bonds. The highest BCUT2D eigenvalue weighted by Crippen LogP contribution is 2.42. The highest BCUT2D eigenvalue weighted by molar-refractivity contribution is 5.85. The summed E-state index contributed by atoms with van der Waals surface area (Å²) in [6.07, 6.45) is 0. The summed E-state index contributed by atoms with van der Waals surface area (Å²) in [6, 6.07) is 98.7. The summed E-state index contributed by atoms with van der Waals surface area (Å²) in [6.45, 7) is 0. The van der Waals surface area contributed by atoms with E-state index in [9.17, 15) is 0 Å². The molecule has 0 spiro atoms. The minimum atomic E-state index is 1.06. The monoisotopic (exact) mass is 822 g/mol. The van der Waals surface area contributed by atoms with Crippen molar-refractivity contribution in [3.8, 4) is 11.1 Å². The second-order valence-electron chi connectivity index (χ2n) is 15.5. The maximum absolute atomic E-state index is 2.34. The SMILES string of the molecule is c1ccc(N(c2ccccc2)c2ccc(-c3ccc(N(c4ccc(N(c5ccccc5)c5ccccc5)cc4)c4ccc(N(c5ccccc5)c5ccccc5)cc4)cc3)cc2)cc1. The van der Waals surface area contributed by atoms with E-state index >= 15 is 0 Å². The van der Waals surface area contributed by atoms with Crippen molar-refractivity contribution >= 4 is 68.2 Å². The minimum absolute atomic E-state index is 1.06. The highest BCUT2D eigenvalue weighted by Gasteiger charge is 2.19. The van der Waals surface area contributed by atoms with Crippen LogP contribution in [0.25, 0.3) is 11.1 Å². The van der Waals surface area contributed by atoms with Gasteiger partial charge in [0, 0.05) is 68.2 Å². The number of benzene rings is 10. The Hall–Kier alpha value is -8.60. The Bertz CT molecular complexity index is 2740. The molecule has 64 heavy (non-hydrogen) atoms. The predicted octanol–water partition coefficient (Wildman–Crippen LogP) is 17.2. The van der Waals surface area contributed by atoms with Gasteiger partial charge in [0.05, 0.1) is 0 Å². The van der Waals surface area contributed by atoms with Gasteiger partial charge in [0.1, 0.15) is 0 Å². The molecule has 0 N–H and O–H groups in total. The molecule has 0 atom stereocenters. The van der Waals surface area contributed by atoms with Crippen LogP contribution in [0, 0.1) is 0 Å². The Morgan fingerprint density at radius 3 is 0.406 bits per heavy atom. The van der Waals surface area contributed by atoms with Crippen LogP contribution in [0.4, 0.5) is 68.2 Å². The molecular weight excluding hydrogens is 777 g/mol. The van der Waals surface area contributed by atoms with Crippen LogP contribution in [0.1, 0.15) is 0 Å². The largest absolute Gasteiger partial charge is 0.311 e. The van der Waals surface area contributed by atoms with Crippen LogP contribution >= 0.6 is 0 Å². The molecule has 0 bridgehead atoms. The third kappa shape index (κ3) is 8.49. The lowest BCUT2D eigenvalue weighted by Gasteiger charge is -2.29. The van der Waals surface area contributed by atoms with Gasteiger partial charge in [0.15, 0.2) is 0 Å². The molecule has 0 saturated carbocycles. The Balaban J connectivity index is 1.01. The number of rotatable bonds is 13. The first-order valence-electron chi connectivity index (χ1n) is 21.7. The van der Waals surface area contributed by atoms with Gasteiger partial charge in [0.25, 0.3) is 0 Å². The maximum atomic E-state index is 2.34. The molecule has 10 aromatic rings. The molecule has 4 heteroatoms. The van der Waals surface area contributed by atoms with E-state index in [1.165, 1.54) is 0 Å². The summed E-state index contributed by atoms with van der Waals surface area (Å²) in [4.78, 5) is 9.22. The summed E-state index contributed by atoms with van der Waals surface area (Å²) < 4.78 is 0. The molecular formula is C60H46N4. The molecule has 0 aliphatic heterocycles. The van der Waals surface area contributed by atoms with E-state index in [4.69, 9.17) is 0 Å². The molecule has 0 radical (unpaired) electrons. The Labute approximate surface area is 376 Å². The summed E-state index contributed by atoms with van der Waals surface area (Å²) >= 11 is 0. The quantitative estimate of drug-likeness (QED) is 0.115. The third-order valence-corrected chi connectivity index (χ3v) is 11.4. The van der Waals surface area contributed by atoms with Gasteiger partial charge in [-0.1, -0.05) is 133 Å². The van der Waals surface area contributed by atoms with Crippen molar-refractivity contribution in [1.82, 2.24) is 0 Å². The molecule has 4 nitrogen and oxygen atoms in total. The van der Waals surface area contributed by atoms with E-state index in [-0.39, 0.29) is 0 Å². The number of para-hydroxylation sites is 6. The number of nitrogens with zero attached hydrogens (tertiary/aromatic N) is 4. The highest BCUT2D eigenvalue weighted by atomic mass is 15.2. The van der Waals surface area contributed by atoms with E-state index in [1.807, 2.05) is 0 Å². The molecule has 10 rings (SSSR count). The van der Waals surface area contributed by atoms with Crippen molar-refractivity contribution in [1.29, 1.82) is 0 Å². The van der Waals surface area contributed by atoms with Crippen molar-refractivity contribution in [3.05, 3.63) is 279 Å². The van der Waals surface area contributed by atoms with Crippen molar-refractivity contribution in [2.75, 3.05) is 19.6 Å². The number of hydrogen-bond donors (Lipinski definition) is 0. The van der Waals surface area contributed by atoms with E-state index < -0.39 is 0 Å². The zero-order valence-electron chi connectivity index (χ0n) is 35.3. The fourth-order valence-electron chi connectivity index (χ4n) is 8.36. The van der Waals surface area contributed by atoms with Gasteiger partial charge in [0.2, 0.25) is 0 Å². The normalized spacial score (nSPS) is 10.8. The van der Waals surface area contributed by atoms with Gasteiger partial charge in [-0.15, -0.1) is 0 Å². The molecule has 0 aromatic heterocycles. The van der Waals surface area contributed by atoms with Crippen molar-refractivity contribution in [2.24, 2.45) is 0 Å². The summed E-state index contributed by atoms with van der Waals surface area (Å²) in [7, 11) is 0. The van der Waals surface area contributed by atoms with Crippen LogP contribution in [0.5, 0.6) is 0 Å². The van der Waals surface area contributed by atoms with Crippen LogP contribution in [0.15, 0.2) is 279 Å². The molecule has 306 valence electrons. The summed E-state index contributed by atoms with van der Waals surface area (Å²) in [5.74, 6) is 0. The fraction of sp³-hybridized carbons (Fsp3) is 0. The standard InChI is InChI=1S/C60H46N4/c1-7-19-49(20-8-1)61(50-21-9-2-10-22-50)55-35-31-47(32-36-55)48-33-37-56(38-34-48)64(59-43-39-57(40-44-59)62(51-23-11-3-12-24-51)52-25-13-4-14-26-52)60-45-41-58(42-46-60)63(53-27-15-5-16-28-53)54-29-17-6-18-30-54/h1-46H. The van der Waals surface area contributed by atoms with Gasteiger partial charge in [-0.05, 0) is 157 Å². The lowest BCUT2D eigenvalue weighted by Crippen LogP contribution is -2.13. The van der Waals surface area contributed by atoms with Gasteiger partial charge in [-0.25, -0.2) is 0 Å². The molecule has 0 saturated heterocycles. The van der Waals surface area contributed by atoms with Crippen LogP contribution in [0.3, 0.4) is 0 Å².